The third kappa shape index (κ3) is 12.8. The second-order valence-corrected chi connectivity index (χ2v) is 12.9. The topological polar surface area (TPSA) is 15.3 Å². The Morgan fingerprint density at radius 1 is 0.686 bits per heavy atom. The number of piperidine rings is 1. The van der Waals surface area contributed by atoms with E-state index in [-0.39, 0.29) is 0 Å². The first-order chi connectivity index (χ1) is 17.1. The summed E-state index contributed by atoms with van der Waals surface area (Å²) in [5.41, 5.74) is 0.739. The minimum absolute atomic E-state index is 0.739. The van der Waals surface area contributed by atoms with E-state index < -0.39 is 0 Å². The van der Waals surface area contributed by atoms with Crippen molar-refractivity contribution in [3.8, 4) is 0 Å². The van der Waals surface area contributed by atoms with Crippen LogP contribution in [0.1, 0.15) is 163 Å². The highest BCUT2D eigenvalue weighted by molar-refractivity contribution is 4.97. The van der Waals surface area contributed by atoms with E-state index in [0.717, 1.165) is 23.3 Å². The molecule has 35 heavy (non-hydrogen) atoms. The van der Waals surface area contributed by atoms with Crippen molar-refractivity contribution in [2.24, 2.45) is 17.3 Å². The second kappa shape index (κ2) is 19.1. The molecule has 2 nitrogen and oxygen atoms in total. The van der Waals surface area contributed by atoms with Crippen LogP contribution in [0.3, 0.4) is 0 Å². The van der Waals surface area contributed by atoms with E-state index in [2.05, 4.69) is 37.9 Å². The van der Waals surface area contributed by atoms with Crippen LogP contribution in [0.25, 0.3) is 0 Å². The molecule has 2 rings (SSSR count). The van der Waals surface area contributed by atoms with Crippen LogP contribution in [0.4, 0.5) is 0 Å². The summed E-state index contributed by atoms with van der Waals surface area (Å²) in [5, 5.41) is 3.97. The molecule has 1 saturated heterocycles. The van der Waals surface area contributed by atoms with Crippen molar-refractivity contribution >= 4 is 0 Å². The second-order valence-electron chi connectivity index (χ2n) is 12.9. The lowest BCUT2D eigenvalue weighted by Crippen LogP contribution is -2.48. The van der Waals surface area contributed by atoms with Gasteiger partial charge in [-0.3, -0.25) is 0 Å². The van der Waals surface area contributed by atoms with Gasteiger partial charge in [0.2, 0.25) is 0 Å². The molecule has 0 bridgehead atoms. The normalized spacial score (nSPS) is 20.2. The number of nitrogens with zero attached hydrogens (tertiary/aromatic N) is 1. The summed E-state index contributed by atoms with van der Waals surface area (Å²) in [7, 11) is 0. The lowest BCUT2D eigenvalue weighted by atomic mass is 9.57. The molecule has 1 heterocycles. The summed E-state index contributed by atoms with van der Waals surface area (Å²) < 4.78 is 0. The van der Waals surface area contributed by atoms with E-state index in [1.807, 2.05) is 0 Å². The van der Waals surface area contributed by atoms with Crippen LogP contribution in [-0.4, -0.2) is 37.1 Å². The first-order valence-corrected chi connectivity index (χ1v) is 16.6. The monoisotopic (exact) mass is 491 g/mol. The van der Waals surface area contributed by atoms with E-state index in [1.54, 1.807) is 0 Å². The van der Waals surface area contributed by atoms with Crippen molar-refractivity contribution in [1.29, 1.82) is 0 Å². The maximum atomic E-state index is 3.97. The van der Waals surface area contributed by atoms with Crippen LogP contribution in [0.2, 0.25) is 0 Å². The quantitative estimate of drug-likeness (QED) is 0.152. The van der Waals surface area contributed by atoms with Crippen LogP contribution in [0, 0.1) is 17.3 Å². The summed E-state index contributed by atoms with van der Waals surface area (Å²) >= 11 is 0. The predicted octanol–water partition coefficient (Wildman–Crippen LogP) is 9.76. The predicted molar refractivity (Wildman–Crippen MR) is 157 cm³/mol. The molecule has 1 N–H and O–H groups in total. The fraction of sp³-hybridized carbons (Fsp3) is 1.00. The van der Waals surface area contributed by atoms with Gasteiger partial charge in [-0.2, -0.15) is 0 Å². The Bertz CT molecular complexity index is 473. The number of rotatable bonds is 22. The summed E-state index contributed by atoms with van der Waals surface area (Å²) in [6.45, 7) is 14.8. The molecule has 1 aliphatic carbocycles. The molecule has 2 unspecified atom stereocenters. The summed E-state index contributed by atoms with van der Waals surface area (Å²) in [6, 6.07) is 0.783. The van der Waals surface area contributed by atoms with Gasteiger partial charge in [-0.1, -0.05) is 105 Å². The van der Waals surface area contributed by atoms with Crippen molar-refractivity contribution in [3.63, 3.8) is 0 Å². The highest BCUT2D eigenvalue weighted by Gasteiger charge is 2.45. The fourth-order valence-electron chi connectivity index (χ4n) is 7.15. The summed E-state index contributed by atoms with van der Waals surface area (Å²) in [6.07, 6.45) is 30.1. The minimum Gasteiger partial charge on any atom is -0.314 e. The van der Waals surface area contributed by atoms with Gasteiger partial charge in [-0.05, 0) is 94.7 Å². The standard InChI is InChI=1S/C33H66N2/c1-5-9-13-16-18-30(17-14-10-6-2)29-35-25-22-33(23-26-35)27-31(28-33)21-24-34-32(19-12-8-4)20-15-11-7-3/h30-32,34H,5-29H2,1-4H3. The molecule has 2 aliphatic rings. The van der Waals surface area contributed by atoms with Crippen molar-refractivity contribution in [2.75, 3.05) is 26.2 Å². The third-order valence-electron chi connectivity index (χ3n) is 9.61. The number of unbranched alkanes of at least 4 members (excludes halogenated alkanes) is 8. The van der Waals surface area contributed by atoms with Gasteiger partial charge in [-0.25, -0.2) is 0 Å². The highest BCUT2D eigenvalue weighted by atomic mass is 15.1. The first kappa shape index (κ1) is 31.1. The molecule has 1 aliphatic heterocycles. The fourth-order valence-corrected chi connectivity index (χ4v) is 7.15. The van der Waals surface area contributed by atoms with E-state index in [9.17, 15) is 0 Å². The SMILES string of the molecule is CCCCCCC(CCCCC)CN1CCC2(CC1)CC(CCNC(CCCC)CCCCC)C2. The Hall–Kier alpha value is -0.0800. The number of nitrogens with one attached hydrogen (secondary N) is 1. The van der Waals surface area contributed by atoms with Gasteiger partial charge in [0.05, 0.1) is 0 Å². The lowest BCUT2D eigenvalue weighted by Gasteiger charge is -2.53. The molecule has 2 heteroatoms. The van der Waals surface area contributed by atoms with Crippen LogP contribution >= 0.6 is 0 Å². The lowest BCUT2D eigenvalue weighted by molar-refractivity contribution is -0.0199. The molecular weight excluding hydrogens is 424 g/mol. The molecule has 0 amide bonds. The highest BCUT2D eigenvalue weighted by Crippen LogP contribution is 2.53. The van der Waals surface area contributed by atoms with Gasteiger partial charge in [0.1, 0.15) is 0 Å². The molecule has 208 valence electrons. The molecule has 1 saturated carbocycles. The molecule has 0 radical (unpaired) electrons. The first-order valence-electron chi connectivity index (χ1n) is 16.6. The zero-order valence-corrected chi connectivity index (χ0v) is 24.9. The molecule has 0 aromatic carbocycles. The third-order valence-corrected chi connectivity index (χ3v) is 9.61. The Morgan fingerprint density at radius 3 is 1.86 bits per heavy atom. The number of hydrogen-bond donors (Lipinski definition) is 1. The number of likely N-dealkylation sites (tertiary alicyclic amines) is 1. The van der Waals surface area contributed by atoms with Crippen molar-refractivity contribution < 1.29 is 0 Å². The summed E-state index contributed by atoms with van der Waals surface area (Å²) in [5.74, 6) is 1.97. The molecule has 0 aromatic rings. The zero-order valence-electron chi connectivity index (χ0n) is 24.9. The average Bonchev–Trinajstić information content (AvgIpc) is 2.84. The molecule has 2 fully saturated rings. The zero-order chi connectivity index (χ0) is 25.2. The molecule has 2 atom stereocenters. The van der Waals surface area contributed by atoms with Crippen molar-refractivity contribution in [1.82, 2.24) is 10.2 Å². The van der Waals surface area contributed by atoms with Crippen LogP contribution in [0.5, 0.6) is 0 Å². The van der Waals surface area contributed by atoms with E-state index in [1.165, 1.54) is 161 Å². The maximum absolute atomic E-state index is 3.97. The smallest absolute Gasteiger partial charge is 0.00670 e. The largest absolute Gasteiger partial charge is 0.314 e. The average molecular weight is 491 g/mol. The summed E-state index contributed by atoms with van der Waals surface area (Å²) in [4.78, 5) is 2.87. The van der Waals surface area contributed by atoms with E-state index in [4.69, 9.17) is 0 Å². The van der Waals surface area contributed by atoms with Crippen LogP contribution in [0.15, 0.2) is 0 Å². The maximum Gasteiger partial charge on any atom is 0.00670 e. The molecule has 1 spiro atoms. The minimum atomic E-state index is 0.739. The Labute approximate surface area is 222 Å². The Kier molecular flexibility index (Phi) is 17.0. The Balaban J connectivity index is 1.63. The van der Waals surface area contributed by atoms with Gasteiger partial charge < -0.3 is 10.2 Å². The van der Waals surface area contributed by atoms with Crippen LogP contribution in [-0.2, 0) is 0 Å². The van der Waals surface area contributed by atoms with Crippen molar-refractivity contribution in [3.05, 3.63) is 0 Å². The van der Waals surface area contributed by atoms with Gasteiger partial charge >= 0.3 is 0 Å². The van der Waals surface area contributed by atoms with Gasteiger partial charge in [0.15, 0.2) is 0 Å². The van der Waals surface area contributed by atoms with Gasteiger partial charge in [0, 0.05) is 12.6 Å². The van der Waals surface area contributed by atoms with E-state index in [0.29, 0.717) is 0 Å². The molecule has 0 aromatic heterocycles. The Morgan fingerprint density at radius 2 is 1.23 bits per heavy atom. The molecular formula is C33H66N2. The van der Waals surface area contributed by atoms with Crippen molar-refractivity contribution in [2.45, 2.75) is 169 Å². The van der Waals surface area contributed by atoms with E-state index >= 15 is 0 Å². The number of hydrogen-bond acceptors (Lipinski definition) is 2. The van der Waals surface area contributed by atoms with Crippen LogP contribution < -0.4 is 5.32 Å². The van der Waals surface area contributed by atoms with Gasteiger partial charge in [-0.15, -0.1) is 0 Å². The van der Waals surface area contributed by atoms with Gasteiger partial charge in [0.25, 0.3) is 0 Å².